The number of benzene rings is 2. The molecule has 0 aromatic heterocycles. The van der Waals surface area contributed by atoms with Gasteiger partial charge in [-0.25, -0.2) is 8.42 Å². The molecule has 0 unspecified atom stereocenters. The molecule has 29 heavy (non-hydrogen) atoms. The van der Waals surface area contributed by atoms with Crippen LogP contribution in [-0.2, 0) is 14.8 Å². The van der Waals surface area contributed by atoms with E-state index in [0.29, 0.717) is 24.3 Å². The van der Waals surface area contributed by atoms with Gasteiger partial charge in [-0.2, -0.15) is 4.31 Å². The van der Waals surface area contributed by atoms with Crippen LogP contribution in [0.25, 0.3) is 0 Å². The van der Waals surface area contributed by atoms with Crippen LogP contribution in [0.1, 0.15) is 29.8 Å². The molecule has 0 aliphatic rings. The Hall–Kier alpha value is -2.71. The van der Waals surface area contributed by atoms with Crippen LogP contribution in [0.2, 0.25) is 0 Å². The van der Waals surface area contributed by atoms with E-state index in [9.17, 15) is 18.0 Å². The predicted molar refractivity (Wildman–Crippen MR) is 113 cm³/mol. The van der Waals surface area contributed by atoms with Crippen LogP contribution < -0.4 is 5.32 Å². The van der Waals surface area contributed by atoms with Crippen molar-refractivity contribution in [3.8, 4) is 0 Å². The highest BCUT2D eigenvalue weighted by molar-refractivity contribution is 7.89. The highest BCUT2D eigenvalue weighted by atomic mass is 32.2. The van der Waals surface area contributed by atoms with Crippen molar-refractivity contribution in [2.75, 3.05) is 32.0 Å². The summed E-state index contributed by atoms with van der Waals surface area (Å²) < 4.78 is 26.2. The number of carbonyl (C=O) groups excluding carboxylic acids is 2. The van der Waals surface area contributed by atoms with Crippen molar-refractivity contribution in [2.45, 2.75) is 25.7 Å². The average Bonchev–Trinajstić information content (AvgIpc) is 2.69. The van der Waals surface area contributed by atoms with E-state index < -0.39 is 15.9 Å². The summed E-state index contributed by atoms with van der Waals surface area (Å²) in [4.78, 5) is 26.4. The Morgan fingerprint density at radius 1 is 0.931 bits per heavy atom. The topological polar surface area (TPSA) is 86.8 Å². The van der Waals surface area contributed by atoms with E-state index in [0.717, 1.165) is 9.87 Å². The second kappa shape index (κ2) is 9.67. The lowest BCUT2D eigenvalue weighted by atomic mass is 10.1. The lowest BCUT2D eigenvalue weighted by Gasteiger charge is -2.19. The Kier molecular flexibility index (Phi) is 7.53. The standard InChI is InChI=1S/C21H27N3O4S/c1-5-24(6-2)21(26)17-9-11-18(12-10-17)22-20(25)15-23(4)29(27,28)19-13-7-16(3)8-14-19/h7-14H,5-6,15H2,1-4H3,(H,22,25). The van der Waals surface area contributed by atoms with Crippen LogP contribution in [0.3, 0.4) is 0 Å². The van der Waals surface area contributed by atoms with Gasteiger partial charge < -0.3 is 10.2 Å². The number of nitrogens with one attached hydrogen (secondary N) is 1. The van der Waals surface area contributed by atoms with Crippen LogP contribution in [0.4, 0.5) is 5.69 Å². The third-order valence-corrected chi connectivity index (χ3v) is 6.38. The Bertz CT molecular complexity index is 950. The molecule has 0 aliphatic heterocycles. The first-order valence-corrected chi connectivity index (χ1v) is 10.8. The minimum absolute atomic E-state index is 0.0724. The lowest BCUT2D eigenvalue weighted by molar-refractivity contribution is -0.116. The molecular weight excluding hydrogens is 390 g/mol. The van der Waals surface area contributed by atoms with Crippen molar-refractivity contribution < 1.29 is 18.0 Å². The van der Waals surface area contributed by atoms with E-state index in [2.05, 4.69) is 5.32 Å². The van der Waals surface area contributed by atoms with Crippen molar-refractivity contribution in [2.24, 2.45) is 0 Å². The maximum atomic E-state index is 12.6. The molecular formula is C21H27N3O4S. The molecule has 0 radical (unpaired) electrons. The molecule has 0 saturated heterocycles. The largest absolute Gasteiger partial charge is 0.339 e. The van der Waals surface area contributed by atoms with E-state index in [1.54, 1.807) is 41.3 Å². The fourth-order valence-corrected chi connectivity index (χ4v) is 3.89. The van der Waals surface area contributed by atoms with Crippen molar-refractivity contribution in [1.82, 2.24) is 9.21 Å². The van der Waals surface area contributed by atoms with E-state index in [-0.39, 0.29) is 17.3 Å². The Labute approximate surface area is 172 Å². The third-order valence-electron chi connectivity index (χ3n) is 4.56. The number of sulfonamides is 1. The van der Waals surface area contributed by atoms with Gasteiger partial charge in [0.25, 0.3) is 5.91 Å². The zero-order chi connectivity index (χ0) is 21.6. The van der Waals surface area contributed by atoms with Gasteiger partial charge in [-0.05, 0) is 57.2 Å². The Balaban J connectivity index is 2.01. The molecule has 0 heterocycles. The molecule has 0 spiro atoms. The predicted octanol–water partition coefficient (Wildman–Crippen LogP) is 2.74. The fraction of sp³-hybridized carbons (Fsp3) is 0.333. The summed E-state index contributed by atoms with van der Waals surface area (Å²) in [6.45, 7) is 6.62. The quantitative estimate of drug-likeness (QED) is 0.715. The van der Waals surface area contributed by atoms with Crippen LogP contribution in [0.5, 0.6) is 0 Å². The highest BCUT2D eigenvalue weighted by Gasteiger charge is 2.23. The van der Waals surface area contributed by atoms with E-state index >= 15 is 0 Å². The smallest absolute Gasteiger partial charge is 0.253 e. The summed E-state index contributed by atoms with van der Waals surface area (Å²) in [5.74, 6) is -0.539. The van der Waals surface area contributed by atoms with Gasteiger partial charge >= 0.3 is 0 Å². The zero-order valence-corrected chi connectivity index (χ0v) is 18.0. The van der Waals surface area contributed by atoms with E-state index in [1.807, 2.05) is 20.8 Å². The molecule has 2 amide bonds. The number of anilines is 1. The van der Waals surface area contributed by atoms with Crippen molar-refractivity contribution in [3.05, 3.63) is 59.7 Å². The SMILES string of the molecule is CCN(CC)C(=O)c1ccc(NC(=O)CN(C)S(=O)(=O)c2ccc(C)cc2)cc1. The van der Waals surface area contributed by atoms with Gasteiger partial charge in [-0.3, -0.25) is 9.59 Å². The van der Waals surface area contributed by atoms with E-state index in [1.165, 1.54) is 19.2 Å². The van der Waals surface area contributed by atoms with Gasteiger partial charge in [0.15, 0.2) is 0 Å². The number of rotatable bonds is 8. The number of carbonyl (C=O) groups is 2. The molecule has 0 fully saturated rings. The van der Waals surface area contributed by atoms with Gasteiger partial charge in [0.1, 0.15) is 0 Å². The first-order valence-electron chi connectivity index (χ1n) is 9.41. The fourth-order valence-electron chi connectivity index (χ4n) is 2.77. The maximum Gasteiger partial charge on any atom is 0.253 e. The molecule has 2 aromatic carbocycles. The summed E-state index contributed by atoms with van der Waals surface area (Å²) >= 11 is 0. The van der Waals surface area contributed by atoms with Crippen LogP contribution >= 0.6 is 0 Å². The molecule has 2 rings (SSSR count). The monoisotopic (exact) mass is 417 g/mol. The number of hydrogen-bond acceptors (Lipinski definition) is 4. The van der Waals surface area contributed by atoms with Gasteiger partial charge in [-0.15, -0.1) is 0 Å². The number of aryl methyl sites for hydroxylation is 1. The van der Waals surface area contributed by atoms with Crippen molar-refractivity contribution in [1.29, 1.82) is 0 Å². The van der Waals surface area contributed by atoms with E-state index in [4.69, 9.17) is 0 Å². The summed E-state index contributed by atoms with van der Waals surface area (Å²) in [5, 5.41) is 2.66. The van der Waals surface area contributed by atoms with Gasteiger partial charge in [0.2, 0.25) is 15.9 Å². The van der Waals surface area contributed by atoms with Gasteiger partial charge in [-0.1, -0.05) is 17.7 Å². The number of amides is 2. The van der Waals surface area contributed by atoms with Crippen molar-refractivity contribution in [3.63, 3.8) is 0 Å². The van der Waals surface area contributed by atoms with Gasteiger partial charge in [0.05, 0.1) is 11.4 Å². The molecule has 0 bridgehead atoms. The summed E-state index contributed by atoms with van der Waals surface area (Å²) in [6.07, 6.45) is 0. The Morgan fingerprint density at radius 3 is 2.00 bits per heavy atom. The second-order valence-electron chi connectivity index (χ2n) is 6.68. The molecule has 156 valence electrons. The average molecular weight is 418 g/mol. The normalized spacial score (nSPS) is 11.3. The molecule has 0 aliphatic carbocycles. The highest BCUT2D eigenvalue weighted by Crippen LogP contribution is 2.16. The third kappa shape index (κ3) is 5.65. The number of hydrogen-bond donors (Lipinski definition) is 1. The first kappa shape index (κ1) is 22.6. The molecule has 1 N–H and O–H groups in total. The number of likely N-dealkylation sites (N-methyl/N-ethyl adjacent to an activating group) is 1. The summed E-state index contributed by atoms with van der Waals surface area (Å²) in [5.41, 5.74) is 1.98. The zero-order valence-electron chi connectivity index (χ0n) is 17.2. The van der Waals surface area contributed by atoms with Crippen LogP contribution in [-0.4, -0.2) is 56.1 Å². The molecule has 2 aromatic rings. The maximum absolute atomic E-state index is 12.6. The van der Waals surface area contributed by atoms with Gasteiger partial charge in [0, 0.05) is 31.4 Å². The summed E-state index contributed by atoms with van der Waals surface area (Å²) in [7, 11) is -2.39. The molecule has 7 nitrogen and oxygen atoms in total. The molecule has 0 atom stereocenters. The summed E-state index contributed by atoms with van der Waals surface area (Å²) in [6, 6.07) is 13.0. The lowest BCUT2D eigenvalue weighted by Crippen LogP contribution is -2.35. The molecule has 8 heteroatoms. The van der Waals surface area contributed by atoms with Crippen LogP contribution in [0, 0.1) is 6.92 Å². The van der Waals surface area contributed by atoms with Crippen LogP contribution in [0.15, 0.2) is 53.4 Å². The van der Waals surface area contributed by atoms with Crippen molar-refractivity contribution >= 4 is 27.5 Å². The second-order valence-corrected chi connectivity index (χ2v) is 8.72. The number of nitrogens with zero attached hydrogens (tertiary/aromatic N) is 2. The minimum atomic E-state index is -3.75. The Morgan fingerprint density at radius 2 is 1.48 bits per heavy atom. The first-order chi connectivity index (χ1) is 13.7. The minimum Gasteiger partial charge on any atom is -0.339 e. The molecule has 0 saturated carbocycles.